The summed E-state index contributed by atoms with van der Waals surface area (Å²) in [6, 6.07) is 14.5. The molecule has 4 heteroatoms. The minimum atomic E-state index is 0.192. The SMILES string of the molecule is CCNC(c1cc(Cl)ccc1Cl)C1CSc2ccccc21. The van der Waals surface area contributed by atoms with Crippen molar-refractivity contribution in [3.63, 3.8) is 0 Å². The van der Waals surface area contributed by atoms with E-state index in [2.05, 4.69) is 36.5 Å². The second-order valence-corrected chi connectivity index (χ2v) is 7.06. The molecule has 110 valence electrons. The molecule has 0 bridgehead atoms. The maximum Gasteiger partial charge on any atom is 0.0455 e. The van der Waals surface area contributed by atoms with Crippen LogP contribution in [0.15, 0.2) is 47.4 Å². The first kappa shape index (κ1) is 15.2. The van der Waals surface area contributed by atoms with Crippen LogP contribution in [-0.4, -0.2) is 12.3 Å². The molecule has 0 radical (unpaired) electrons. The van der Waals surface area contributed by atoms with E-state index in [0.717, 1.165) is 27.9 Å². The van der Waals surface area contributed by atoms with Crippen molar-refractivity contribution in [1.29, 1.82) is 0 Å². The number of hydrogen-bond donors (Lipinski definition) is 1. The lowest BCUT2D eigenvalue weighted by Gasteiger charge is -2.26. The summed E-state index contributed by atoms with van der Waals surface area (Å²) in [5.74, 6) is 1.49. The average molecular weight is 338 g/mol. The van der Waals surface area contributed by atoms with Gasteiger partial charge in [-0.05, 0) is 41.9 Å². The van der Waals surface area contributed by atoms with Crippen LogP contribution in [0.2, 0.25) is 10.0 Å². The zero-order valence-electron chi connectivity index (χ0n) is 11.8. The first-order chi connectivity index (χ1) is 10.2. The number of halogens is 2. The summed E-state index contributed by atoms with van der Waals surface area (Å²) < 4.78 is 0. The molecule has 0 spiro atoms. The van der Waals surface area contributed by atoms with Crippen LogP contribution in [0.1, 0.15) is 30.0 Å². The van der Waals surface area contributed by atoms with E-state index in [9.17, 15) is 0 Å². The Morgan fingerprint density at radius 3 is 2.86 bits per heavy atom. The number of nitrogens with one attached hydrogen (secondary N) is 1. The minimum Gasteiger partial charge on any atom is -0.310 e. The summed E-state index contributed by atoms with van der Waals surface area (Å²) in [7, 11) is 0. The molecule has 2 aromatic carbocycles. The number of thioether (sulfide) groups is 1. The molecule has 0 amide bonds. The Morgan fingerprint density at radius 2 is 2.05 bits per heavy atom. The Kier molecular flexibility index (Phi) is 4.80. The number of rotatable bonds is 4. The number of hydrogen-bond acceptors (Lipinski definition) is 2. The Bertz CT molecular complexity index is 644. The summed E-state index contributed by atoms with van der Waals surface area (Å²) in [5.41, 5.74) is 2.50. The van der Waals surface area contributed by atoms with Gasteiger partial charge in [-0.3, -0.25) is 0 Å². The van der Waals surface area contributed by atoms with Crippen LogP contribution in [0.4, 0.5) is 0 Å². The highest BCUT2D eigenvalue weighted by Crippen LogP contribution is 2.46. The topological polar surface area (TPSA) is 12.0 Å². The lowest BCUT2D eigenvalue weighted by Crippen LogP contribution is -2.27. The van der Waals surface area contributed by atoms with Gasteiger partial charge in [0.2, 0.25) is 0 Å². The van der Waals surface area contributed by atoms with Gasteiger partial charge in [0, 0.05) is 32.7 Å². The quantitative estimate of drug-likeness (QED) is 0.786. The van der Waals surface area contributed by atoms with Gasteiger partial charge in [-0.2, -0.15) is 0 Å². The second-order valence-electron chi connectivity index (χ2n) is 5.16. The van der Waals surface area contributed by atoms with E-state index >= 15 is 0 Å². The van der Waals surface area contributed by atoms with E-state index < -0.39 is 0 Å². The summed E-state index contributed by atoms with van der Waals surface area (Å²) >= 11 is 14.5. The van der Waals surface area contributed by atoms with Crippen LogP contribution in [0, 0.1) is 0 Å². The predicted octanol–water partition coefficient (Wildman–Crippen LogP) is 5.53. The molecule has 1 nitrogen and oxygen atoms in total. The molecule has 0 aliphatic carbocycles. The summed E-state index contributed by atoms with van der Waals surface area (Å²) in [6.45, 7) is 3.02. The highest BCUT2D eigenvalue weighted by atomic mass is 35.5. The maximum atomic E-state index is 6.43. The number of fused-ring (bicyclic) bond motifs is 1. The molecule has 2 aromatic rings. The molecular weight excluding hydrogens is 321 g/mol. The second kappa shape index (κ2) is 6.62. The fourth-order valence-corrected chi connectivity index (χ4v) is 4.61. The first-order valence-electron chi connectivity index (χ1n) is 7.10. The molecule has 1 aliphatic heterocycles. The molecule has 0 saturated carbocycles. The molecule has 0 saturated heterocycles. The number of benzene rings is 2. The van der Waals surface area contributed by atoms with E-state index in [1.54, 1.807) is 0 Å². The zero-order chi connectivity index (χ0) is 14.8. The fraction of sp³-hybridized carbons (Fsp3) is 0.294. The van der Waals surface area contributed by atoms with Crippen molar-refractivity contribution in [3.8, 4) is 0 Å². The molecular formula is C17H17Cl2NS. The molecule has 1 heterocycles. The Hall–Kier alpha value is -0.670. The van der Waals surface area contributed by atoms with E-state index in [0.29, 0.717) is 5.92 Å². The van der Waals surface area contributed by atoms with Gasteiger partial charge in [0.05, 0.1) is 0 Å². The van der Waals surface area contributed by atoms with Crippen molar-refractivity contribution in [3.05, 3.63) is 63.6 Å². The monoisotopic (exact) mass is 337 g/mol. The number of likely N-dealkylation sites (N-methyl/N-ethyl adjacent to an activating group) is 1. The summed E-state index contributed by atoms with van der Waals surface area (Å²) in [5, 5.41) is 5.10. The highest BCUT2D eigenvalue weighted by molar-refractivity contribution is 7.99. The predicted molar refractivity (Wildman–Crippen MR) is 92.8 cm³/mol. The Labute approximate surface area is 140 Å². The molecule has 2 unspecified atom stereocenters. The van der Waals surface area contributed by atoms with Gasteiger partial charge in [-0.25, -0.2) is 0 Å². The van der Waals surface area contributed by atoms with E-state index in [4.69, 9.17) is 23.2 Å². The van der Waals surface area contributed by atoms with Gasteiger partial charge in [0.1, 0.15) is 0 Å². The molecule has 21 heavy (non-hydrogen) atoms. The Balaban J connectivity index is 2.01. The molecule has 0 fully saturated rings. The van der Waals surface area contributed by atoms with Crippen LogP contribution < -0.4 is 5.32 Å². The molecule has 2 atom stereocenters. The lowest BCUT2D eigenvalue weighted by molar-refractivity contribution is 0.485. The fourth-order valence-electron chi connectivity index (χ4n) is 2.91. The normalized spacial score (nSPS) is 18.5. The van der Waals surface area contributed by atoms with Crippen LogP contribution in [0.5, 0.6) is 0 Å². The largest absolute Gasteiger partial charge is 0.310 e. The van der Waals surface area contributed by atoms with Gasteiger partial charge in [0.15, 0.2) is 0 Å². The van der Waals surface area contributed by atoms with Gasteiger partial charge < -0.3 is 5.32 Å². The molecule has 0 aromatic heterocycles. The molecule has 1 N–H and O–H groups in total. The third kappa shape index (κ3) is 3.09. The van der Waals surface area contributed by atoms with Crippen molar-refractivity contribution in [2.45, 2.75) is 23.8 Å². The smallest absolute Gasteiger partial charge is 0.0455 e. The average Bonchev–Trinajstić information content (AvgIpc) is 2.91. The highest BCUT2D eigenvalue weighted by Gasteiger charge is 2.31. The van der Waals surface area contributed by atoms with Gasteiger partial charge in [-0.1, -0.05) is 48.3 Å². The molecule has 3 rings (SSSR count). The van der Waals surface area contributed by atoms with Crippen LogP contribution in [0.3, 0.4) is 0 Å². The van der Waals surface area contributed by atoms with Crippen molar-refractivity contribution < 1.29 is 0 Å². The maximum absolute atomic E-state index is 6.43. The standard InChI is InChI=1S/C17H17Cl2NS/c1-2-20-17(13-9-11(18)7-8-15(13)19)14-10-21-16-6-4-3-5-12(14)16/h3-9,14,17,20H,2,10H2,1H3. The summed E-state index contributed by atoms with van der Waals surface area (Å²) in [4.78, 5) is 1.38. The van der Waals surface area contributed by atoms with Gasteiger partial charge in [0.25, 0.3) is 0 Å². The van der Waals surface area contributed by atoms with Crippen molar-refractivity contribution in [2.24, 2.45) is 0 Å². The van der Waals surface area contributed by atoms with Crippen molar-refractivity contribution >= 4 is 35.0 Å². The van der Waals surface area contributed by atoms with E-state index in [1.807, 2.05) is 30.0 Å². The van der Waals surface area contributed by atoms with Gasteiger partial charge >= 0.3 is 0 Å². The van der Waals surface area contributed by atoms with Crippen LogP contribution in [0.25, 0.3) is 0 Å². The third-order valence-electron chi connectivity index (χ3n) is 3.86. The molecule has 1 aliphatic rings. The van der Waals surface area contributed by atoms with Crippen molar-refractivity contribution in [2.75, 3.05) is 12.3 Å². The summed E-state index contributed by atoms with van der Waals surface area (Å²) in [6.07, 6.45) is 0. The van der Waals surface area contributed by atoms with Crippen LogP contribution in [-0.2, 0) is 0 Å². The van der Waals surface area contributed by atoms with Crippen molar-refractivity contribution in [1.82, 2.24) is 5.32 Å². The Morgan fingerprint density at radius 1 is 1.24 bits per heavy atom. The van der Waals surface area contributed by atoms with Gasteiger partial charge in [-0.15, -0.1) is 11.8 Å². The van der Waals surface area contributed by atoms with E-state index in [1.165, 1.54) is 10.5 Å². The lowest BCUT2D eigenvalue weighted by atomic mass is 9.88. The first-order valence-corrected chi connectivity index (χ1v) is 8.85. The minimum absolute atomic E-state index is 0.192. The zero-order valence-corrected chi connectivity index (χ0v) is 14.1. The van der Waals surface area contributed by atoms with E-state index in [-0.39, 0.29) is 6.04 Å². The van der Waals surface area contributed by atoms with Crippen LogP contribution >= 0.6 is 35.0 Å². The third-order valence-corrected chi connectivity index (χ3v) is 5.64.